The van der Waals surface area contributed by atoms with E-state index in [4.69, 9.17) is 4.74 Å². The Morgan fingerprint density at radius 2 is 1.87 bits per heavy atom. The minimum atomic E-state index is -0.232. The normalized spacial score (nSPS) is 14.3. The Morgan fingerprint density at radius 3 is 2.64 bits per heavy atom. The highest BCUT2D eigenvalue weighted by Crippen LogP contribution is 2.19. The molecule has 0 bridgehead atoms. The Morgan fingerprint density at radius 1 is 1.05 bits per heavy atom. The first-order valence-electron chi connectivity index (χ1n) is 13.1. The first-order chi connectivity index (χ1) is 18.8. The molecular weight excluding hydrogens is 490 g/mol. The number of imidazole rings is 1. The number of anilines is 1. The van der Waals surface area contributed by atoms with Crippen LogP contribution >= 0.6 is 0 Å². The maximum absolute atomic E-state index is 13.0. The number of ether oxygens (including phenoxy) is 1. The van der Waals surface area contributed by atoms with Crippen molar-refractivity contribution in [1.82, 2.24) is 29.4 Å². The van der Waals surface area contributed by atoms with Crippen LogP contribution in [-0.2, 0) is 6.54 Å². The van der Waals surface area contributed by atoms with Gasteiger partial charge in [0.15, 0.2) is 5.65 Å². The number of nitrogens with one attached hydrogen (secondary N) is 1. The van der Waals surface area contributed by atoms with E-state index in [1.807, 2.05) is 32.0 Å². The topological polar surface area (TPSA) is 87.9 Å². The fraction of sp³-hybridized carbons (Fsp3) is 0.333. The number of carbonyl (C=O) groups excluding carboxylic acids is 1. The molecule has 0 radical (unpaired) electrons. The largest absolute Gasteiger partial charge is 0.474 e. The Balaban J connectivity index is 1.26. The van der Waals surface area contributed by atoms with Gasteiger partial charge in [-0.1, -0.05) is 12.0 Å². The third-order valence-corrected chi connectivity index (χ3v) is 6.62. The van der Waals surface area contributed by atoms with E-state index >= 15 is 0 Å². The predicted molar refractivity (Wildman–Crippen MR) is 151 cm³/mol. The van der Waals surface area contributed by atoms with Gasteiger partial charge >= 0.3 is 0 Å². The second kappa shape index (κ2) is 11.6. The summed E-state index contributed by atoms with van der Waals surface area (Å²) in [5.74, 6) is 6.43. The molecule has 5 rings (SSSR count). The van der Waals surface area contributed by atoms with Crippen LogP contribution in [0.4, 0.5) is 5.69 Å². The van der Waals surface area contributed by atoms with Crippen molar-refractivity contribution >= 4 is 17.2 Å². The number of hydrogen-bond acceptors (Lipinski definition) is 7. The van der Waals surface area contributed by atoms with E-state index in [2.05, 4.69) is 62.1 Å². The average Bonchev–Trinajstić information content (AvgIpc) is 3.32. The lowest BCUT2D eigenvalue weighted by Gasteiger charge is -2.32. The number of pyridine rings is 1. The molecule has 9 nitrogen and oxygen atoms in total. The van der Waals surface area contributed by atoms with Gasteiger partial charge in [-0.05, 0) is 69.1 Å². The van der Waals surface area contributed by atoms with Crippen molar-refractivity contribution in [2.24, 2.45) is 0 Å². The van der Waals surface area contributed by atoms with Crippen LogP contribution in [0.5, 0.6) is 5.88 Å². The summed E-state index contributed by atoms with van der Waals surface area (Å²) in [5.41, 5.74) is 5.53. The van der Waals surface area contributed by atoms with E-state index in [0.717, 1.165) is 44.0 Å². The summed E-state index contributed by atoms with van der Waals surface area (Å²) in [6, 6.07) is 11.4. The van der Waals surface area contributed by atoms with E-state index in [9.17, 15) is 4.79 Å². The Labute approximate surface area is 228 Å². The standard InChI is InChI=1S/C30H33N7O2/c1-21(2)39-29-10-9-28-32-19-27(37(28)34-29)8-5-23-16-25(18-31-17-23)30(38)33-26-7-6-24(22(3)15-26)20-36-13-11-35(4)12-14-36/h6-7,9-10,15-19,21H,11-14,20H2,1-4H3,(H,33,38). The number of aromatic nitrogens is 4. The number of aryl methyl sites for hydroxylation is 1. The van der Waals surface area contributed by atoms with Gasteiger partial charge in [0.25, 0.3) is 5.91 Å². The lowest BCUT2D eigenvalue weighted by atomic mass is 10.1. The van der Waals surface area contributed by atoms with Crippen LogP contribution in [0.3, 0.4) is 0 Å². The smallest absolute Gasteiger partial charge is 0.257 e. The van der Waals surface area contributed by atoms with Crippen LogP contribution in [0.15, 0.2) is 55.0 Å². The van der Waals surface area contributed by atoms with E-state index in [1.54, 1.807) is 35.2 Å². The summed E-state index contributed by atoms with van der Waals surface area (Å²) in [7, 11) is 2.16. The van der Waals surface area contributed by atoms with E-state index in [0.29, 0.717) is 28.3 Å². The highest BCUT2D eigenvalue weighted by Gasteiger charge is 2.15. The zero-order valence-corrected chi connectivity index (χ0v) is 22.8. The number of benzene rings is 1. The number of likely N-dealkylation sites (N-methyl/N-ethyl adjacent to an activating group) is 1. The van der Waals surface area contributed by atoms with Gasteiger partial charge in [0.05, 0.1) is 17.9 Å². The molecule has 1 saturated heterocycles. The van der Waals surface area contributed by atoms with Gasteiger partial charge in [0, 0.05) is 62.4 Å². The fourth-order valence-corrected chi connectivity index (χ4v) is 4.42. The van der Waals surface area contributed by atoms with E-state index in [-0.39, 0.29) is 12.0 Å². The summed E-state index contributed by atoms with van der Waals surface area (Å²) in [6.07, 6.45) is 4.84. The molecule has 4 aromatic rings. The van der Waals surface area contributed by atoms with Crippen molar-refractivity contribution in [3.05, 3.63) is 82.9 Å². The molecule has 1 aliphatic heterocycles. The molecule has 4 heterocycles. The van der Waals surface area contributed by atoms with Crippen molar-refractivity contribution in [3.63, 3.8) is 0 Å². The first-order valence-corrected chi connectivity index (χ1v) is 13.1. The van der Waals surface area contributed by atoms with Crippen LogP contribution in [-0.4, -0.2) is 74.6 Å². The van der Waals surface area contributed by atoms with Crippen molar-refractivity contribution in [1.29, 1.82) is 0 Å². The molecular formula is C30H33N7O2. The Bertz CT molecular complexity index is 1540. The molecule has 1 fully saturated rings. The summed E-state index contributed by atoms with van der Waals surface area (Å²) in [6.45, 7) is 11.2. The summed E-state index contributed by atoms with van der Waals surface area (Å²) in [4.78, 5) is 26.4. The van der Waals surface area contributed by atoms with Crippen LogP contribution in [0, 0.1) is 18.8 Å². The number of amides is 1. The number of rotatable bonds is 6. The quantitative estimate of drug-likeness (QED) is 0.386. The molecule has 0 saturated carbocycles. The molecule has 0 atom stereocenters. The zero-order valence-electron chi connectivity index (χ0n) is 22.8. The second-order valence-electron chi connectivity index (χ2n) is 10.1. The third-order valence-electron chi connectivity index (χ3n) is 6.62. The molecule has 3 aromatic heterocycles. The summed E-state index contributed by atoms with van der Waals surface area (Å²) >= 11 is 0. The molecule has 0 unspecified atom stereocenters. The minimum Gasteiger partial charge on any atom is -0.474 e. The Hall–Kier alpha value is -4.26. The van der Waals surface area contributed by atoms with Crippen molar-refractivity contribution < 1.29 is 9.53 Å². The van der Waals surface area contributed by atoms with Gasteiger partial charge in [-0.2, -0.15) is 0 Å². The number of carbonyl (C=O) groups is 1. The summed E-state index contributed by atoms with van der Waals surface area (Å²) < 4.78 is 7.33. The maximum Gasteiger partial charge on any atom is 0.257 e. The number of nitrogens with zero attached hydrogens (tertiary/aromatic N) is 6. The van der Waals surface area contributed by atoms with Crippen LogP contribution < -0.4 is 10.1 Å². The monoisotopic (exact) mass is 523 g/mol. The van der Waals surface area contributed by atoms with Crippen molar-refractivity contribution in [2.45, 2.75) is 33.4 Å². The first kappa shape index (κ1) is 26.4. The van der Waals surface area contributed by atoms with Crippen molar-refractivity contribution in [2.75, 3.05) is 38.5 Å². The highest BCUT2D eigenvalue weighted by molar-refractivity contribution is 6.04. The molecule has 1 N–H and O–H groups in total. The van der Waals surface area contributed by atoms with Crippen LogP contribution in [0.25, 0.3) is 5.65 Å². The Kier molecular flexibility index (Phi) is 7.87. The third kappa shape index (κ3) is 6.60. The van der Waals surface area contributed by atoms with E-state index < -0.39 is 0 Å². The lowest BCUT2D eigenvalue weighted by Crippen LogP contribution is -2.43. The van der Waals surface area contributed by atoms with Crippen molar-refractivity contribution in [3.8, 4) is 17.7 Å². The molecule has 1 aliphatic rings. The number of hydrogen-bond donors (Lipinski definition) is 1. The zero-order chi connectivity index (χ0) is 27.4. The molecule has 1 aromatic carbocycles. The van der Waals surface area contributed by atoms with Crippen LogP contribution in [0.2, 0.25) is 0 Å². The van der Waals surface area contributed by atoms with Gasteiger partial charge in [0.2, 0.25) is 5.88 Å². The number of piperazine rings is 1. The fourth-order valence-electron chi connectivity index (χ4n) is 4.42. The average molecular weight is 524 g/mol. The highest BCUT2D eigenvalue weighted by atomic mass is 16.5. The van der Waals surface area contributed by atoms with Crippen LogP contribution in [0.1, 0.15) is 46.6 Å². The van der Waals surface area contributed by atoms with Gasteiger partial charge < -0.3 is 15.0 Å². The molecule has 0 aliphatic carbocycles. The van der Waals surface area contributed by atoms with Gasteiger partial charge in [-0.15, -0.1) is 5.10 Å². The minimum absolute atomic E-state index is 0.0110. The molecule has 39 heavy (non-hydrogen) atoms. The lowest BCUT2D eigenvalue weighted by molar-refractivity contribution is 0.102. The van der Waals surface area contributed by atoms with E-state index in [1.165, 1.54) is 5.56 Å². The molecule has 200 valence electrons. The van der Waals surface area contributed by atoms with Gasteiger partial charge in [-0.3, -0.25) is 14.7 Å². The SMILES string of the molecule is Cc1cc(NC(=O)c2cncc(C#Cc3cnc4ccc(OC(C)C)nn34)c2)ccc1CN1CCN(C)CC1. The van der Waals surface area contributed by atoms with Gasteiger partial charge in [0.1, 0.15) is 5.69 Å². The number of fused-ring (bicyclic) bond motifs is 1. The molecule has 0 spiro atoms. The predicted octanol–water partition coefficient (Wildman–Crippen LogP) is 3.62. The molecule has 9 heteroatoms. The maximum atomic E-state index is 13.0. The summed E-state index contributed by atoms with van der Waals surface area (Å²) in [5, 5.41) is 7.47. The van der Waals surface area contributed by atoms with Gasteiger partial charge in [-0.25, -0.2) is 9.50 Å². The molecule has 1 amide bonds. The second-order valence-corrected chi connectivity index (χ2v) is 10.1.